The summed E-state index contributed by atoms with van der Waals surface area (Å²) in [6, 6.07) is 0. The van der Waals surface area contributed by atoms with Crippen LogP contribution in [0.5, 0.6) is 11.5 Å². The molecule has 8 heteroatoms. The highest BCUT2D eigenvalue weighted by atomic mass is 28.4. The third-order valence-electron chi connectivity index (χ3n) is 8.80. The van der Waals surface area contributed by atoms with E-state index < -0.39 is 22.7 Å². The van der Waals surface area contributed by atoms with E-state index >= 15 is 0 Å². The molecule has 1 aliphatic rings. The molecule has 6 nitrogen and oxygen atoms in total. The van der Waals surface area contributed by atoms with Crippen LogP contribution < -0.4 is 9.16 Å². The highest BCUT2D eigenvalue weighted by molar-refractivity contribution is 6.75. The van der Waals surface area contributed by atoms with Crippen LogP contribution in [0.4, 0.5) is 0 Å². The van der Waals surface area contributed by atoms with Gasteiger partial charge in [0.2, 0.25) is 0 Å². The Labute approximate surface area is 233 Å². The smallest absolute Gasteiger partial charge is 0.342 e. The lowest BCUT2D eigenvalue weighted by molar-refractivity contribution is 0.0533. The second-order valence-corrected chi connectivity index (χ2v) is 23.2. The van der Waals surface area contributed by atoms with Crippen LogP contribution in [0, 0.1) is 6.92 Å². The molecule has 1 aromatic rings. The number of unbranched alkanes of at least 4 members (excludes halogenated alkanes) is 1. The van der Waals surface area contributed by atoms with Crippen molar-refractivity contribution in [3.8, 4) is 11.5 Å². The summed E-state index contributed by atoms with van der Waals surface area (Å²) in [4.78, 5) is 12.9. The zero-order valence-electron chi connectivity index (χ0n) is 26.2. The molecule has 1 N–H and O–H groups in total. The van der Waals surface area contributed by atoms with Crippen molar-refractivity contribution in [1.82, 2.24) is 0 Å². The number of carbonyl (C=O) groups excluding carboxylic acids is 1. The third kappa shape index (κ3) is 7.12. The van der Waals surface area contributed by atoms with E-state index in [-0.39, 0.29) is 29.1 Å². The summed E-state index contributed by atoms with van der Waals surface area (Å²) in [5, 5.41) is 11.4. The first-order chi connectivity index (χ1) is 17.2. The minimum atomic E-state index is -2.31. The van der Waals surface area contributed by atoms with Gasteiger partial charge in [0.25, 0.3) is 8.32 Å². The highest BCUT2D eigenvalue weighted by Gasteiger charge is 2.43. The number of allylic oxidation sites excluding steroid dienone is 1. The van der Waals surface area contributed by atoms with Crippen molar-refractivity contribution >= 4 is 22.6 Å². The van der Waals surface area contributed by atoms with Gasteiger partial charge in [-0.3, -0.25) is 0 Å². The SMILES string of the molecule is COc1c(C)c2c(c(O[Si](C)(C)C(C)(C)C)c1CC(O)/C(C)=C/CCCO[Si](C)(C)C(C)(C)C)C(=O)OC2. The average molecular weight is 565 g/mol. The Hall–Kier alpha value is -1.62. The maximum absolute atomic E-state index is 12.9. The normalized spacial score (nSPS) is 15.8. The molecule has 0 radical (unpaired) electrons. The van der Waals surface area contributed by atoms with Crippen molar-refractivity contribution in [2.75, 3.05) is 13.7 Å². The van der Waals surface area contributed by atoms with Gasteiger partial charge in [-0.1, -0.05) is 47.6 Å². The van der Waals surface area contributed by atoms with Crippen molar-refractivity contribution < 1.29 is 28.2 Å². The number of esters is 1. The minimum Gasteiger partial charge on any atom is -0.543 e. The highest BCUT2D eigenvalue weighted by Crippen LogP contribution is 2.47. The maximum atomic E-state index is 12.9. The largest absolute Gasteiger partial charge is 0.543 e. The van der Waals surface area contributed by atoms with Crippen LogP contribution in [0.25, 0.3) is 0 Å². The Morgan fingerprint density at radius 3 is 2.16 bits per heavy atom. The van der Waals surface area contributed by atoms with Crippen molar-refractivity contribution in [3.63, 3.8) is 0 Å². The molecule has 0 fully saturated rings. The molecular weight excluding hydrogens is 512 g/mol. The predicted molar refractivity (Wildman–Crippen MR) is 161 cm³/mol. The molecule has 216 valence electrons. The van der Waals surface area contributed by atoms with Crippen LogP contribution in [0.1, 0.15) is 88.4 Å². The number of aliphatic hydroxyl groups excluding tert-OH is 1. The molecular formula is C30H52O6Si2. The van der Waals surface area contributed by atoms with Crippen molar-refractivity contribution in [2.24, 2.45) is 0 Å². The van der Waals surface area contributed by atoms with Crippen LogP contribution in [-0.4, -0.2) is 47.5 Å². The molecule has 0 saturated carbocycles. The molecule has 0 aromatic heterocycles. The van der Waals surface area contributed by atoms with Crippen LogP contribution in [0.15, 0.2) is 11.6 Å². The molecule has 0 bridgehead atoms. The van der Waals surface area contributed by atoms with E-state index in [0.717, 1.165) is 41.7 Å². The van der Waals surface area contributed by atoms with E-state index in [1.165, 1.54) is 0 Å². The summed E-state index contributed by atoms with van der Waals surface area (Å²) >= 11 is 0. The Kier molecular flexibility index (Phi) is 10.2. The standard InChI is InChI=1S/C30H52O6Si2/c1-20(16-14-15-17-35-37(10,11)29(3,4)5)24(31)18-22-26(33-9)21(2)23-19-34-28(32)25(23)27(22)36-38(12,13)30(6,7)8/h16,24,31H,14-15,17-19H2,1-13H3/b20-16+. The van der Waals surface area contributed by atoms with Gasteiger partial charge in [0.15, 0.2) is 8.32 Å². The lowest BCUT2D eigenvalue weighted by Gasteiger charge is -2.38. The number of rotatable bonds is 11. The summed E-state index contributed by atoms with van der Waals surface area (Å²) in [6.07, 6.45) is 3.38. The van der Waals surface area contributed by atoms with Gasteiger partial charge in [-0.25, -0.2) is 4.79 Å². The number of hydrogen-bond acceptors (Lipinski definition) is 6. The predicted octanol–water partition coefficient (Wildman–Crippen LogP) is 7.71. The molecule has 0 aliphatic carbocycles. The summed E-state index contributed by atoms with van der Waals surface area (Å²) < 4.78 is 24.4. The Bertz CT molecular complexity index is 1040. The molecule has 2 rings (SSSR count). The van der Waals surface area contributed by atoms with Gasteiger partial charge in [0, 0.05) is 24.2 Å². The van der Waals surface area contributed by atoms with E-state index in [0.29, 0.717) is 17.1 Å². The number of fused-ring (bicyclic) bond motifs is 1. The average Bonchev–Trinajstić information content (AvgIpc) is 3.16. The first-order valence-corrected chi connectivity index (χ1v) is 19.6. The van der Waals surface area contributed by atoms with Gasteiger partial charge in [-0.15, -0.1) is 0 Å². The number of aliphatic hydroxyl groups is 1. The quantitative estimate of drug-likeness (QED) is 0.128. The molecule has 1 atom stereocenters. The van der Waals surface area contributed by atoms with Gasteiger partial charge in [0.05, 0.1) is 13.2 Å². The molecule has 0 saturated heterocycles. The van der Waals surface area contributed by atoms with Crippen LogP contribution in [0.2, 0.25) is 36.3 Å². The monoisotopic (exact) mass is 564 g/mol. The van der Waals surface area contributed by atoms with E-state index in [1.54, 1.807) is 7.11 Å². The number of ether oxygens (including phenoxy) is 2. The zero-order valence-corrected chi connectivity index (χ0v) is 28.2. The number of benzene rings is 1. The summed E-state index contributed by atoms with van der Waals surface area (Å²) in [5.74, 6) is 0.806. The molecule has 1 aromatic carbocycles. The number of hydrogen-bond donors (Lipinski definition) is 1. The van der Waals surface area contributed by atoms with Gasteiger partial charge >= 0.3 is 5.97 Å². The maximum Gasteiger partial charge on any atom is 0.342 e. The molecule has 1 unspecified atom stereocenters. The van der Waals surface area contributed by atoms with Crippen LogP contribution in [-0.2, 0) is 22.2 Å². The van der Waals surface area contributed by atoms with E-state index in [2.05, 4.69) is 73.8 Å². The first-order valence-electron chi connectivity index (χ1n) is 13.8. The van der Waals surface area contributed by atoms with Gasteiger partial charge in [-0.2, -0.15) is 0 Å². The zero-order chi connectivity index (χ0) is 29.3. The molecule has 1 aliphatic heterocycles. The van der Waals surface area contributed by atoms with Crippen molar-refractivity contribution in [2.45, 2.75) is 124 Å². The Morgan fingerprint density at radius 2 is 1.63 bits per heavy atom. The van der Waals surface area contributed by atoms with E-state index in [1.807, 2.05) is 13.8 Å². The summed E-state index contributed by atoms with van der Waals surface area (Å²) in [5.41, 5.74) is 3.78. The topological polar surface area (TPSA) is 74.2 Å². The second kappa shape index (κ2) is 11.9. The lowest BCUT2D eigenvalue weighted by atomic mass is 9.92. The van der Waals surface area contributed by atoms with Gasteiger partial charge in [0.1, 0.15) is 23.7 Å². The number of carbonyl (C=O) groups is 1. The summed E-state index contributed by atoms with van der Waals surface area (Å²) in [7, 11) is -2.44. The van der Waals surface area contributed by atoms with E-state index in [4.69, 9.17) is 18.3 Å². The van der Waals surface area contributed by atoms with Crippen LogP contribution in [0.3, 0.4) is 0 Å². The fourth-order valence-corrected chi connectivity index (χ4v) is 6.11. The second-order valence-electron chi connectivity index (χ2n) is 13.7. The minimum absolute atomic E-state index is 0.0707. The number of methoxy groups -OCH3 is 1. The first kappa shape index (κ1) is 32.6. The summed E-state index contributed by atoms with van der Waals surface area (Å²) in [6.45, 7) is 26.9. The van der Waals surface area contributed by atoms with Crippen molar-refractivity contribution in [3.05, 3.63) is 33.9 Å². The fourth-order valence-electron chi connectivity index (χ4n) is 3.98. The molecule has 38 heavy (non-hydrogen) atoms. The Balaban J connectivity index is 2.33. The third-order valence-corrected chi connectivity index (χ3v) is 17.7. The van der Waals surface area contributed by atoms with Crippen LogP contribution >= 0.6 is 0 Å². The fraction of sp³-hybridized carbons (Fsp3) is 0.700. The van der Waals surface area contributed by atoms with E-state index in [9.17, 15) is 9.90 Å². The Morgan fingerprint density at radius 1 is 1.05 bits per heavy atom. The van der Waals surface area contributed by atoms with Crippen molar-refractivity contribution in [1.29, 1.82) is 0 Å². The molecule has 0 spiro atoms. The van der Waals surface area contributed by atoms with Gasteiger partial charge < -0.3 is 23.4 Å². The molecule has 0 amide bonds. The van der Waals surface area contributed by atoms with Gasteiger partial charge in [-0.05, 0) is 74.1 Å². The lowest BCUT2D eigenvalue weighted by Crippen LogP contribution is -2.44. The molecule has 1 heterocycles. The number of cyclic esters (lactones) is 1.